The molecule has 3 N–H and O–H groups in total. The number of allylic oxidation sites excluding steroid dienone is 2. The van der Waals surface area contributed by atoms with Gasteiger partial charge in [-0.25, -0.2) is 4.79 Å². The van der Waals surface area contributed by atoms with Crippen LogP contribution in [0.15, 0.2) is 24.4 Å². The first-order valence-electron chi connectivity index (χ1n) is 3.26. The molecule has 0 aromatic carbocycles. The second-order valence-electron chi connectivity index (χ2n) is 2.50. The summed E-state index contributed by atoms with van der Waals surface area (Å²) >= 11 is 0. The fourth-order valence-corrected chi connectivity index (χ4v) is 0.873. The van der Waals surface area contributed by atoms with Crippen LogP contribution in [0.3, 0.4) is 0 Å². The third-order valence-electron chi connectivity index (χ3n) is 1.39. The van der Waals surface area contributed by atoms with Gasteiger partial charge < -0.3 is 10.4 Å². The molecular weight excluding hydrogens is 144 g/mol. The molecule has 1 unspecified atom stereocenters. The summed E-state index contributed by atoms with van der Waals surface area (Å²) in [6.07, 6.45) is 5.97. The van der Waals surface area contributed by atoms with Gasteiger partial charge in [0.25, 0.3) is 0 Å². The number of carbonyl (C=O) groups is 1. The van der Waals surface area contributed by atoms with Crippen LogP contribution >= 0.6 is 0 Å². The Hall–Kier alpha value is -1.45. The van der Waals surface area contributed by atoms with Crippen molar-refractivity contribution in [1.29, 1.82) is 0 Å². The van der Waals surface area contributed by atoms with E-state index in [-0.39, 0.29) is 0 Å². The SMILES string of the molecule is CC1(NC(=O)O)C=CC=CN1. The van der Waals surface area contributed by atoms with Gasteiger partial charge in [-0.3, -0.25) is 5.32 Å². The summed E-state index contributed by atoms with van der Waals surface area (Å²) < 4.78 is 0. The molecule has 1 aliphatic rings. The highest BCUT2D eigenvalue weighted by Gasteiger charge is 2.21. The maximum Gasteiger partial charge on any atom is 0.406 e. The number of hydrogen-bond donors (Lipinski definition) is 3. The molecule has 0 aromatic rings. The standard InChI is InChI=1S/C7H10N2O2/c1-7(9-6(10)11)4-2-3-5-8-7/h2-5,8-9H,1H3,(H,10,11). The van der Waals surface area contributed by atoms with Crippen molar-refractivity contribution in [3.8, 4) is 0 Å². The zero-order valence-electron chi connectivity index (χ0n) is 6.16. The number of hydrogen-bond acceptors (Lipinski definition) is 2. The Kier molecular flexibility index (Phi) is 1.85. The van der Waals surface area contributed by atoms with Gasteiger partial charge >= 0.3 is 6.09 Å². The van der Waals surface area contributed by atoms with E-state index in [2.05, 4.69) is 10.6 Å². The number of nitrogens with one attached hydrogen (secondary N) is 2. The largest absolute Gasteiger partial charge is 0.465 e. The molecule has 0 bridgehead atoms. The Labute approximate surface area is 64.6 Å². The van der Waals surface area contributed by atoms with E-state index < -0.39 is 11.8 Å². The molecule has 11 heavy (non-hydrogen) atoms. The first-order chi connectivity index (χ1) is 5.12. The van der Waals surface area contributed by atoms with Gasteiger partial charge in [-0.15, -0.1) is 0 Å². The molecule has 0 aliphatic carbocycles. The Morgan fingerprint density at radius 2 is 2.36 bits per heavy atom. The summed E-state index contributed by atoms with van der Waals surface area (Å²) in [5, 5.41) is 13.6. The molecule has 0 radical (unpaired) electrons. The first kappa shape index (κ1) is 7.65. The number of rotatable bonds is 1. The van der Waals surface area contributed by atoms with Crippen molar-refractivity contribution < 1.29 is 9.90 Å². The molecule has 0 saturated carbocycles. The van der Waals surface area contributed by atoms with Gasteiger partial charge in [-0.2, -0.15) is 0 Å². The molecule has 0 saturated heterocycles. The number of carboxylic acid groups (broad SMARTS) is 1. The molecule has 0 spiro atoms. The topological polar surface area (TPSA) is 61.4 Å². The van der Waals surface area contributed by atoms with Crippen molar-refractivity contribution in [2.75, 3.05) is 0 Å². The normalized spacial score (nSPS) is 27.7. The number of dihydropyridines is 1. The predicted molar refractivity (Wildman–Crippen MR) is 41.0 cm³/mol. The van der Waals surface area contributed by atoms with Crippen molar-refractivity contribution in [3.63, 3.8) is 0 Å². The van der Waals surface area contributed by atoms with Crippen molar-refractivity contribution in [1.82, 2.24) is 10.6 Å². The van der Waals surface area contributed by atoms with Crippen molar-refractivity contribution in [2.24, 2.45) is 0 Å². The third kappa shape index (κ3) is 2.00. The van der Waals surface area contributed by atoms with Crippen LogP contribution in [0.2, 0.25) is 0 Å². The highest BCUT2D eigenvalue weighted by molar-refractivity contribution is 5.66. The van der Waals surface area contributed by atoms with Crippen LogP contribution in [0.25, 0.3) is 0 Å². The van der Waals surface area contributed by atoms with E-state index in [9.17, 15) is 4.79 Å². The van der Waals surface area contributed by atoms with E-state index in [0.29, 0.717) is 0 Å². The fourth-order valence-electron chi connectivity index (χ4n) is 0.873. The van der Waals surface area contributed by atoms with Crippen LogP contribution < -0.4 is 10.6 Å². The van der Waals surface area contributed by atoms with E-state index >= 15 is 0 Å². The van der Waals surface area contributed by atoms with E-state index in [1.807, 2.05) is 0 Å². The lowest BCUT2D eigenvalue weighted by atomic mass is 10.1. The summed E-state index contributed by atoms with van der Waals surface area (Å²) in [5.41, 5.74) is -0.666. The maximum absolute atomic E-state index is 10.3. The Morgan fingerprint density at radius 3 is 2.82 bits per heavy atom. The van der Waals surface area contributed by atoms with Crippen LogP contribution in [0.4, 0.5) is 4.79 Å². The van der Waals surface area contributed by atoms with Crippen LogP contribution in [-0.2, 0) is 0 Å². The van der Waals surface area contributed by atoms with Gasteiger partial charge in [-0.05, 0) is 25.3 Å². The lowest BCUT2D eigenvalue weighted by molar-refractivity contribution is 0.183. The Balaban J connectivity index is 2.61. The maximum atomic E-state index is 10.3. The molecule has 1 amide bonds. The summed E-state index contributed by atoms with van der Waals surface area (Å²) in [6.45, 7) is 1.74. The zero-order valence-corrected chi connectivity index (χ0v) is 6.16. The monoisotopic (exact) mass is 154 g/mol. The third-order valence-corrected chi connectivity index (χ3v) is 1.39. The molecule has 1 heterocycles. The van der Waals surface area contributed by atoms with Crippen LogP contribution in [0, 0.1) is 0 Å². The van der Waals surface area contributed by atoms with Crippen molar-refractivity contribution in [2.45, 2.75) is 12.6 Å². The zero-order chi connectivity index (χ0) is 8.32. The summed E-state index contributed by atoms with van der Waals surface area (Å²) in [7, 11) is 0. The quantitative estimate of drug-likeness (QED) is 0.519. The minimum atomic E-state index is -1.04. The molecule has 1 atom stereocenters. The van der Waals surface area contributed by atoms with Crippen molar-refractivity contribution >= 4 is 6.09 Å². The summed E-state index contributed by atoms with van der Waals surface area (Å²) in [4.78, 5) is 10.3. The van der Waals surface area contributed by atoms with Crippen LogP contribution in [0.1, 0.15) is 6.92 Å². The van der Waals surface area contributed by atoms with E-state index in [1.54, 1.807) is 31.4 Å². The highest BCUT2D eigenvalue weighted by Crippen LogP contribution is 2.04. The predicted octanol–water partition coefficient (Wildman–Crippen LogP) is 0.643. The lowest BCUT2D eigenvalue weighted by Crippen LogP contribution is -2.53. The van der Waals surface area contributed by atoms with Crippen LogP contribution in [0.5, 0.6) is 0 Å². The second-order valence-corrected chi connectivity index (χ2v) is 2.50. The molecular formula is C7H10N2O2. The average molecular weight is 154 g/mol. The number of amides is 1. The fraction of sp³-hybridized carbons (Fsp3) is 0.286. The molecule has 1 rings (SSSR count). The second kappa shape index (κ2) is 2.65. The minimum Gasteiger partial charge on any atom is -0.465 e. The van der Waals surface area contributed by atoms with Gasteiger partial charge in [0.1, 0.15) is 5.66 Å². The first-order valence-corrected chi connectivity index (χ1v) is 3.26. The molecule has 4 heteroatoms. The minimum absolute atomic E-state index is 0.666. The molecule has 0 fully saturated rings. The summed E-state index contributed by atoms with van der Waals surface area (Å²) in [6, 6.07) is 0. The van der Waals surface area contributed by atoms with E-state index in [1.165, 1.54) is 0 Å². The van der Waals surface area contributed by atoms with Gasteiger partial charge in [0.15, 0.2) is 0 Å². The van der Waals surface area contributed by atoms with Crippen molar-refractivity contribution in [3.05, 3.63) is 24.4 Å². The van der Waals surface area contributed by atoms with Gasteiger partial charge in [0, 0.05) is 0 Å². The Morgan fingerprint density at radius 1 is 1.64 bits per heavy atom. The molecule has 4 nitrogen and oxygen atoms in total. The van der Waals surface area contributed by atoms with E-state index in [0.717, 1.165) is 0 Å². The average Bonchev–Trinajstić information content (AvgIpc) is 1.85. The lowest BCUT2D eigenvalue weighted by Gasteiger charge is -2.27. The molecule has 60 valence electrons. The van der Waals surface area contributed by atoms with E-state index in [4.69, 9.17) is 5.11 Å². The molecule has 0 aromatic heterocycles. The Bertz CT molecular complexity index is 222. The molecule has 1 aliphatic heterocycles. The summed E-state index contributed by atoms with van der Waals surface area (Å²) in [5.74, 6) is 0. The highest BCUT2D eigenvalue weighted by atomic mass is 16.4. The van der Waals surface area contributed by atoms with Gasteiger partial charge in [-0.1, -0.05) is 6.08 Å². The smallest absolute Gasteiger partial charge is 0.406 e. The van der Waals surface area contributed by atoms with Crippen LogP contribution in [-0.4, -0.2) is 16.9 Å². The van der Waals surface area contributed by atoms with Gasteiger partial charge in [0.2, 0.25) is 0 Å². The van der Waals surface area contributed by atoms with Gasteiger partial charge in [0.05, 0.1) is 0 Å².